The van der Waals surface area contributed by atoms with E-state index in [-0.39, 0.29) is 18.6 Å². The fraction of sp³-hybridized carbons (Fsp3) is 0.500. The molecule has 6 heteroatoms. The van der Waals surface area contributed by atoms with Gasteiger partial charge in [0.05, 0.1) is 6.42 Å². The van der Waals surface area contributed by atoms with Gasteiger partial charge in [-0.15, -0.1) is 0 Å². The molecule has 0 aliphatic rings. The third-order valence-corrected chi connectivity index (χ3v) is 0.712. The molecule has 4 N–H and O–H groups in total. The monoisotopic (exact) mass is 184 g/mol. The number of carbonyl (C=O) groups is 2. The van der Waals surface area contributed by atoms with Crippen LogP contribution in [0.3, 0.4) is 0 Å². The summed E-state index contributed by atoms with van der Waals surface area (Å²) in [6.07, 6.45) is -0.532. The van der Waals surface area contributed by atoms with Gasteiger partial charge in [0.2, 0.25) is 0 Å². The summed E-state index contributed by atoms with van der Waals surface area (Å²) in [4.78, 5) is 19.6. The smallest absolute Gasteiger partial charge is 0.321 e. The SMILES string of the molecule is N[C@@H](CC(=O)O)C(=O)O.[V]. The van der Waals surface area contributed by atoms with Crippen LogP contribution in [-0.4, -0.2) is 28.2 Å². The molecule has 0 aliphatic heterocycles. The van der Waals surface area contributed by atoms with Gasteiger partial charge in [0.25, 0.3) is 0 Å². The summed E-state index contributed by atoms with van der Waals surface area (Å²) >= 11 is 0. The zero-order valence-corrected chi connectivity index (χ0v) is 6.42. The second kappa shape index (κ2) is 5.28. The predicted octanol–water partition coefficient (Wildman–Crippen LogP) is -1.13. The first-order valence-electron chi connectivity index (χ1n) is 2.24. The molecule has 1 atom stereocenters. The van der Waals surface area contributed by atoms with Gasteiger partial charge in [0, 0.05) is 18.6 Å². The van der Waals surface area contributed by atoms with Gasteiger partial charge in [-0.05, 0) is 0 Å². The first kappa shape index (κ1) is 12.2. The van der Waals surface area contributed by atoms with Crippen LogP contribution in [-0.2, 0) is 28.1 Å². The van der Waals surface area contributed by atoms with E-state index in [1.54, 1.807) is 0 Å². The Morgan fingerprint density at radius 3 is 1.90 bits per heavy atom. The molecule has 0 spiro atoms. The fourth-order valence-electron chi connectivity index (χ4n) is 0.275. The molecule has 5 nitrogen and oxygen atoms in total. The van der Waals surface area contributed by atoms with Crippen LogP contribution in [0, 0.1) is 0 Å². The van der Waals surface area contributed by atoms with Crippen LogP contribution in [0.25, 0.3) is 0 Å². The van der Waals surface area contributed by atoms with E-state index in [4.69, 9.17) is 15.9 Å². The summed E-state index contributed by atoms with van der Waals surface area (Å²) in [5.74, 6) is -2.50. The number of hydrogen-bond acceptors (Lipinski definition) is 3. The molecular formula is C4H7NO4V. The minimum Gasteiger partial charge on any atom is -0.481 e. The van der Waals surface area contributed by atoms with Crippen molar-refractivity contribution in [2.45, 2.75) is 12.5 Å². The Balaban J connectivity index is 0. The largest absolute Gasteiger partial charge is 0.481 e. The van der Waals surface area contributed by atoms with Crippen LogP contribution >= 0.6 is 0 Å². The van der Waals surface area contributed by atoms with Gasteiger partial charge in [0.1, 0.15) is 6.04 Å². The summed E-state index contributed by atoms with van der Waals surface area (Å²) in [6, 6.07) is -1.29. The average molecular weight is 184 g/mol. The zero-order chi connectivity index (χ0) is 7.44. The Kier molecular flexibility index (Phi) is 6.44. The Hall–Kier alpha value is -0.516. The average Bonchev–Trinajstić information content (AvgIpc) is 1.63. The van der Waals surface area contributed by atoms with Crippen molar-refractivity contribution >= 4 is 11.9 Å². The van der Waals surface area contributed by atoms with E-state index < -0.39 is 24.4 Å². The van der Waals surface area contributed by atoms with Gasteiger partial charge >= 0.3 is 11.9 Å². The molecule has 0 aliphatic carbocycles. The van der Waals surface area contributed by atoms with Crippen LogP contribution in [0.2, 0.25) is 0 Å². The first-order valence-corrected chi connectivity index (χ1v) is 2.24. The Morgan fingerprint density at radius 2 is 1.80 bits per heavy atom. The van der Waals surface area contributed by atoms with E-state index in [2.05, 4.69) is 0 Å². The maximum Gasteiger partial charge on any atom is 0.321 e. The second-order valence-electron chi connectivity index (χ2n) is 1.54. The molecule has 57 valence electrons. The number of carboxylic acids is 2. The molecule has 0 amide bonds. The number of nitrogens with two attached hydrogens (primary N) is 1. The van der Waals surface area contributed by atoms with Gasteiger partial charge < -0.3 is 15.9 Å². The molecular weight excluding hydrogens is 177 g/mol. The minimum atomic E-state index is -1.29. The van der Waals surface area contributed by atoms with Gasteiger partial charge in [-0.25, -0.2) is 0 Å². The molecule has 10 heavy (non-hydrogen) atoms. The normalized spacial score (nSPS) is 11.3. The Bertz CT molecular complexity index is 137. The number of carboxylic acid groups (broad SMARTS) is 2. The van der Waals surface area contributed by atoms with Crippen molar-refractivity contribution in [2.75, 3.05) is 0 Å². The first-order chi connectivity index (χ1) is 4.04. The molecule has 0 unspecified atom stereocenters. The quantitative estimate of drug-likeness (QED) is 0.515. The summed E-state index contributed by atoms with van der Waals surface area (Å²) in [5.41, 5.74) is 4.84. The van der Waals surface area contributed by atoms with Crippen molar-refractivity contribution in [1.82, 2.24) is 0 Å². The van der Waals surface area contributed by atoms with Crippen molar-refractivity contribution in [1.29, 1.82) is 0 Å². The third kappa shape index (κ3) is 5.62. The van der Waals surface area contributed by atoms with Crippen LogP contribution in [0.4, 0.5) is 0 Å². The van der Waals surface area contributed by atoms with Gasteiger partial charge in [-0.1, -0.05) is 0 Å². The van der Waals surface area contributed by atoms with E-state index in [1.807, 2.05) is 0 Å². The molecule has 0 fully saturated rings. The molecule has 0 heterocycles. The number of hydrogen-bond donors (Lipinski definition) is 3. The Morgan fingerprint density at radius 1 is 1.40 bits per heavy atom. The van der Waals surface area contributed by atoms with Crippen LogP contribution < -0.4 is 5.73 Å². The standard InChI is InChI=1S/C4H7NO4.V/c5-2(4(8)9)1-3(6)7;/h2H,1,5H2,(H,6,7)(H,8,9);/t2-;/m0./s1. The van der Waals surface area contributed by atoms with E-state index in [1.165, 1.54) is 0 Å². The summed E-state index contributed by atoms with van der Waals surface area (Å²) in [7, 11) is 0. The molecule has 0 rings (SSSR count). The van der Waals surface area contributed by atoms with Crippen LogP contribution in [0.15, 0.2) is 0 Å². The van der Waals surface area contributed by atoms with Crippen LogP contribution in [0.1, 0.15) is 6.42 Å². The minimum absolute atomic E-state index is 0. The molecule has 1 radical (unpaired) electrons. The molecule has 0 saturated carbocycles. The molecule has 0 aromatic heterocycles. The van der Waals surface area contributed by atoms with Gasteiger partial charge in [-0.3, -0.25) is 9.59 Å². The fourth-order valence-corrected chi connectivity index (χ4v) is 0.275. The van der Waals surface area contributed by atoms with Crippen molar-refractivity contribution in [2.24, 2.45) is 5.73 Å². The summed E-state index contributed by atoms with van der Waals surface area (Å²) < 4.78 is 0. The Labute approximate surface area is 69.1 Å². The maximum absolute atomic E-state index is 9.85. The molecule has 0 aromatic rings. The number of rotatable bonds is 3. The van der Waals surface area contributed by atoms with Crippen molar-refractivity contribution in [3.63, 3.8) is 0 Å². The van der Waals surface area contributed by atoms with E-state index in [0.717, 1.165) is 0 Å². The molecule has 0 aromatic carbocycles. The van der Waals surface area contributed by atoms with E-state index in [0.29, 0.717) is 0 Å². The topological polar surface area (TPSA) is 101 Å². The maximum atomic E-state index is 9.85. The van der Waals surface area contributed by atoms with Crippen molar-refractivity contribution in [3.05, 3.63) is 0 Å². The van der Waals surface area contributed by atoms with Crippen molar-refractivity contribution < 1.29 is 38.4 Å². The molecule has 0 bridgehead atoms. The van der Waals surface area contributed by atoms with Crippen LogP contribution in [0.5, 0.6) is 0 Å². The molecule has 0 saturated heterocycles. The zero-order valence-electron chi connectivity index (χ0n) is 5.02. The summed E-state index contributed by atoms with van der Waals surface area (Å²) in [6.45, 7) is 0. The van der Waals surface area contributed by atoms with E-state index in [9.17, 15) is 9.59 Å². The van der Waals surface area contributed by atoms with Gasteiger partial charge in [0.15, 0.2) is 0 Å². The van der Waals surface area contributed by atoms with Gasteiger partial charge in [-0.2, -0.15) is 0 Å². The number of aliphatic carboxylic acids is 2. The van der Waals surface area contributed by atoms with E-state index >= 15 is 0 Å². The second-order valence-corrected chi connectivity index (χ2v) is 1.54. The third-order valence-electron chi connectivity index (χ3n) is 0.712. The predicted molar refractivity (Wildman–Crippen MR) is 27.9 cm³/mol. The summed E-state index contributed by atoms with van der Waals surface area (Å²) in [5, 5.41) is 16.0. The van der Waals surface area contributed by atoms with Crippen molar-refractivity contribution in [3.8, 4) is 0 Å².